The van der Waals surface area contributed by atoms with E-state index >= 15 is 0 Å². The number of thiophene rings is 1. The third kappa shape index (κ3) is 2.02. The van der Waals surface area contributed by atoms with E-state index in [0.29, 0.717) is 11.1 Å². The molecule has 0 unspecified atom stereocenters. The summed E-state index contributed by atoms with van der Waals surface area (Å²) in [5, 5.41) is 6.69. The van der Waals surface area contributed by atoms with E-state index in [2.05, 4.69) is 10.2 Å². The van der Waals surface area contributed by atoms with Crippen LogP contribution >= 0.6 is 11.3 Å². The number of H-pyrrole nitrogens is 2. The molecule has 1 aromatic carbocycles. The molecular formula is C15H12N2O2S. The largest absolute Gasteiger partial charge is 0.271 e. The van der Waals surface area contributed by atoms with Crippen LogP contribution in [0.2, 0.25) is 0 Å². The topological polar surface area (TPSA) is 65.7 Å². The van der Waals surface area contributed by atoms with Gasteiger partial charge >= 0.3 is 0 Å². The highest BCUT2D eigenvalue weighted by Gasteiger charge is 2.17. The molecule has 0 fully saturated rings. The Morgan fingerprint density at radius 3 is 2.25 bits per heavy atom. The lowest BCUT2D eigenvalue weighted by Crippen LogP contribution is -2.23. The molecule has 0 saturated carbocycles. The number of rotatable bonds is 2. The van der Waals surface area contributed by atoms with Crippen LogP contribution in [0, 0.1) is 6.92 Å². The number of hydrogen-bond acceptors (Lipinski definition) is 3. The van der Waals surface area contributed by atoms with Gasteiger partial charge in [-0.25, -0.2) is 0 Å². The van der Waals surface area contributed by atoms with Crippen molar-refractivity contribution in [1.82, 2.24) is 10.2 Å². The van der Waals surface area contributed by atoms with Gasteiger partial charge in [0.2, 0.25) is 0 Å². The van der Waals surface area contributed by atoms with E-state index in [9.17, 15) is 9.59 Å². The van der Waals surface area contributed by atoms with Crippen LogP contribution in [0.15, 0.2) is 51.4 Å². The van der Waals surface area contributed by atoms with Crippen LogP contribution in [0.5, 0.6) is 0 Å². The van der Waals surface area contributed by atoms with Gasteiger partial charge in [-0.1, -0.05) is 30.3 Å². The van der Waals surface area contributed by atoms with Crippen molar-refractivity contribution in [3.63, 3.8) is 0 Å². The van der Waals surface area contributed by atoms with E-state index in [1.54, 1.807) is 0 Å². The van der Waals surface area contributed by atoms with E-state index in [-0.39, 0.29) is 11.1 Å². The lowest BCUT2D eigenvalue weighted by Gasteiger charge is -2.08. The SMILES string of the molecule is Cc1ccccc1-c1c(-c2cccs2)c(=O)[nH][nH]c1=O. The third-order valence-corrected chi connectivity index (χ3v) is 4.06. The van der Waals surface area contributed by atoms with Crippen molar-refractivity contribution in [2.24, 2.45) is 0 Å². The Morgan fingerprint density at radius 2 is 1.60 bits per heavy atom. The maximum Gasteiger partial charge on any atom is 0.271 e. The van der Waals surface area contributed by atoms with Gasteiger partial charge in [-0.2, -0.15) is 0 Å². The van der Waals surface area contributed by atoms with E-state index in [4.69, 9.17) is 0 Å². The fourth-order valence-electron chi connectivity index (χ4n) is 2.23. The zero-order valence-corrected chi connectivity index (χ0v) is 11.6. The summed E-state index contributed by atoms with van der Waals surface area (Å²) in [6.07, 6.45) is 0. The van der Waals surface area contributed by atoms with E-state index in [0.717, 1.165) is 16.0 Å². The fourth-order valence-corrected chi connectivity index (χ4v) is 3.01. The highest BCUT2D eigenvalue weighted by Crippen LogP contribution is 2.30. The zero-order valence-electron chi connectivity index (χ0n) is 10.8. The van der Waals surface area contributed by atoms with Crippen molar-refractivity contribution >= 4 is 11.3 Å². The lowest BCUT2D eigenvalue weighted by atomic mass is 9.97. The molecule has 2 heterocycles. The van der Waals surface area contributed by atoms with Gasteiger partial charge in [0, 0.05) is 4.88 Å². The molecule has 2 N–H and O–H groups in total. The molecule has 5 heteroatoms. The molecular weight excluding hydrogens is 272 g/mol. The van der Waals surface area contributed by atoms with Crippen molar-refractivity contribution < 1.29 is 0 Å². The van der Waals surface area contributed by atoms with Crippen LogP contribution in [-0.4, -0.2) is 10.2 Å². The average Bonchev–Trinajstić information content (AvgIpc) is 2.96. The maximum atomic E-state index is 12.2. The van der Waals surface area contributed by atoms with E-state index < -0.39 is 0 Å². The second-order valence-electron chi connectivity index (χ2n) is 4.45. The van der Waals surface area contributed by atoms with Gasteiger partial charge in [0.1, 0.15) is 0 Å². The first-order valence-electron chi connectivity index (χ1n) is 6.13. The number of aromatic nitrogens is 2. The molecule has 0 radical (unpaired) electrons. The predicted molar refractivity (Wildman–Crippen MR) is 81.2 cm³/mol. The number of nitrogens with one attached hydrogen (secondary N) is 2. The van der Waals surface area contributed by atoms with Gasteiger partial charge in [-0.15, -0.1) is 11.3 Å². The van der Waals surface area contributed by atoms with Crippen LogP contribution in [-0.2, 0) is 0 Å². The van der Waals surface area contributed by atoms with E-state index in [1.807, 2.05) is 48.7 Å². The number of hydrogen-bond donors (Lipinski definition) is 2. The Morgan fingerprint density at radius 1 is 0.900 bits per heavy atom. The molecule has 3 aromatic rings. The normalized spacial score (nSPS) is 10.7. The van der Waals surface area contributed by atoms with Crippen molar-refractivity contribution in [3.05, 3.63) is 68.0 Å². The van der Waals surface area contributed by atoms with Crippen molar-refractivity contribution in [1.29, 1.82) is 0 Å². The quantitative estimate of drug-likeness (QED) is 0.760. The zero-order chi connectivity index (χ0) is 14.1. The highest BCUT2D eigenvalue weighted by atomic mass is 32.1. The summed E-state index contributed by atoms with van der Waals surface area (Å²) in [6, 6.07) is 11.3. The summed E-state index contributed by atoms with van der Waals surface area (Å²) < 4.78 is 0. The molecule has 0 aliphatic heterocycles. The fraction of sp³-hybridized carbons (Fsp3) is 0.0667. The minimum atomic E-state index is -0.290. The lowest BCUT2D eigenvalue weighted by molar-refractivity contribution is 0.958. The van der Waals surface area contributed by atoms with Gasteiger partial charge < -0.3 is 0 Å². The molecule has 0 saturated heterocycles. The van der Waals surface area contributed by atoms with Crippen molar-refractivity contribution in [3.8, 4) is 21.6 Å². The summed E-state index contributed by atoms with van der Waals surface area (Å²) in [5.74, 6) is 0. The molecule has 0 aliphatic carbocycles. The van der Waals surface area contributed by atoms with Crippen LogP contribution < -0.4 is 11.1 Å². The van der Waals surface area contributed by atoms with Crippen molar-refractivity contribution in [2.45, 2.75) is 6.92 Å². The third-order valence-electron chi connectivity index (χ3n) is 3.18. The van der Waals surface area contributed by atoms with Gasteiger partial charge in [-0.05, 0) is 29.5 Å². The first-order chi connectivity index (χ1) is 9.68. The summed E-state index contributed by atoms with van der Waals surface area (Å²) in [7, 11) is 0. The molecule has 0 atom stereocenters. The minimum Gasteiger partial charge on any atom is -0.267 e. The Kier molecular flexibility index (Phi) is 3.12. The van der Waals surface area contributed by atoms with Crippen molar-refractivity contribution in [2.75, 3.05) is 0 Å². The molecule has 4 nitrogen and oxygen atoms in total. The first kappa shape index (κ1) is 12.6. The molecule has 0 bridgehead atoms. The minimum absolute atomic E-state index is 0.287. The Labute approximate surface area is 118 Å². The molecule has 3 rings (SSSR count). The molecule has 0 spiro atoms. The first-order valence-corrected chi connectivity index (χ1v) is 7.01. The van der Waals surface area contributed by atoms with Gasteiger partial charge in [-0.3, -0.25) is 19.8 Å². The van der Waals surface area contributed by atoms with Crippen LogP contribution in [0.4, 0.5) is 0 Å². The molecule has 2 aromatic heterocycles. The van der Waals surface area contributed by atoms with E-state index in [1.165, 1.54) is 11.3 Å². The average molecular weight is 284 g/mol. The van der Waals surface area contributed by atoms with Crippen LogP contribution in [0.3, 0.4) is 0 Å². The maximum absolute atomic E-state index is 12.2. The number of aromatic amines is 2. The van der Waals surface area contributed by atoms with Gasteiger partial charge in [0.15, 0.2) is 0 Å². The Bertz CT molecular complexity index is 860. The second kappa shape index (κ2) is 4.94. The summed E-state index contributed by atoms with van der Waals surface area (Å²) in [4.78, 5) is 25.2. The second-order valence-corrected chi connectivity index (χ2v) is 5.40. The number of aryl methyl sites for hydroxylation is 1. The Balaban J connectivity index is 2.42. The predicted octanol–water partition coefficient (Wildman–Crippen LogP) is 2.77. The summed E-state index contributed by atoms with van der Waals surface area (Å²) >= 11 is 1.44. The molecule has 0 aliphatic rings. The smallest absolute Gasteiger partial charge is 0.267 e. The number of benzene rings is 1. The Hall–Kier alpha value is -2.40. The van der Waals surface area contributed by atoms with Crippen LogP contribution in [0.1, 0.15) is 5.56 Å². The standard InChI is InChI=1S/C15H12N2O2S/c1-9-5-2-3-6-10(9)12-13(11-7-4-8-20-11)15(19)17-16-14(12)18/h2-8H,1H3,(H,16,18)(H,17,19). The van der Waals surface area contributed by atoms with Crippen LogP contribution in [0.25, 0.3) is 21.6 Å². The highest BCUT2D eigenvalue weighted by molar-refractivity contribution is 7.13. The monoisotopic (exact) mass is 284 g/mol. The summed E-state index contributed by atoms with van der Waals surface area (Å²) in [5.41, 5.74) is 2.02. The molecule has 0 amide bonds. The molecule has 100 valence electrons. The van der Waals surface area contributed by atoms with Gasteiger partial charge in [0.05, 0.1) is 11.1 Å². The summed E-state index contributed by atoms with van der Waals surface area (Å²) in [6.45, 7) is 1.92. The van der Waals surface area contributed by atoms with Gasteiger partial charge in [0.25, 0.3) is 11.1 Å². The molecule has 20 heavy (non-hydrogen) atoms.